The van der Waals surface area contributed by atoms with Crippen LogP contribution in [0.15, 0.2) is 24.3 Å². The Bertz CT molecular complexity index is 578. The summed E-state index contributed by atoms with van der Waals surface area (Å²) in [5.74, 6) is -0.448. The number of halogens is 1. The minimum Gasteiger partial charge on any atom is -0.465 e. The Morgan fingerprint density at radius 3 is 2.63 bits per heavy atom. The number of hydrogen-bond acceptors (Lipinski definition) is 4. The number of thiazole rings is 1. The minimum atomic E-state index is -0.448. The van der Waals surface area contributed by atoms with Crippen molar-refractivity contribution in [1.29, 1.82) is 0 Å². The molecule has 0 spiro atoms. The topological polar surface area (TPSA) is 39.2 Å². The van der Waals surface area contributed by atoms with Gasteiger partial charge in [-0.15, -0.1) is 11.3 Å². The summed E-state index contributed by atoms with van der Waals surface area (Å²) in [4.78, 5) is 16.0. The van der Waals surface area contributed by atoms with Crippen LogP contribution >= 0.6 is 22.9 Å². The molecule has 100 valence electrons. The van der Waals surface area contributed by atoms with Gasteiger partial charge in [-0.2, -0.15) is 0 Å². The minimum absolute atomic E-state index is 0.199. The van der Waals surface area contributed by atoms with Crippen molar-refractivity contribution in [3.8, 4) is 10.6 Å². The monoisotopic (exact) mass is 295 g/mol. The van der Waals surface area contributed by atoms with Gasteiger partial charge in [0.05, 0.1) is 7.11 Å². The molecule has 1 aromatic heterocycles. The first-order valence-corrected chi connectivity index (χ1v) is 7.19. The number of hydrogen-bond donors (Lipinski definition) is 0. The third kappa shape index (κ3) is 3.14. The number of aryl methyl sites for hydroxylation is 1. The van der Waals surface area contributed by atoms with Crippen LogP contribution in [0.5, 0.6) is 0 Å². The molecule has 2 rings (SSSR count). The maximum absolute atomic E-state index is 11.5. The SMILES string of the molecule is CCCc1ccc(-c2nc(Cl)c(C(=O)OC)s2)cc1. The molecule has 0 amide bonds. The van der Waals surface area contributed by atoms with Gasteiger partial charge in [0.25, 0.3) is 0 Å². The number of nitrogens with zero attached hydrogens (tertiary/aromatic N) is 1. The van der Waals surface area contributed by atoms with Crippen molar-refractivity contribution in [2.45, 2.75) is 19.8 Å². The lowest BCUT2D eigenvalue weighted by Gasteiger charge is -2.00. The van der Waals surface area contributed by atoms with Gasteiger partial charge in [-0.25, -0.2) is 9.78 Å². The maximum Gasteiger partial charge on any atom is 0.351 e. The van der Waals surface area contributed by atoms with Crippen LogP contribution in [0.3, 0.4) is 0 Å². The van der Waals surface area contributed by atoms with Gasteiger partial charge in [-0.05, 0) is 12.0 Å². The van der Waals surface area contributed by atoms with Gasteiger partial charge in [0.2, 0.25) is 0 Å². The molecule has 0 bridgehead atoms. The molecule has 0 aliphatic carbocycles. The number of methoxy groups -OCH3 is 1. The van der Waals surface area contributed by atoms with Crippen molar-refractivity contribution in [2.75, 3.05) is 7.11 Å². The largest absolute Gasteiger partial charge is 0.465 e. The average Bonchev–Trinajstić information content (AvgIpc) is 2.81. The first-order chi connectivity index (χ1) is 9.15. The number of benzene rings is 1. The average molecular weight is 296 g/mol. The molecule has 1 heterocycles. The number of rotatable bonds is 4. The van der Waals surface area contributed by atoms with E-state index in [1.54, 1.807) is 0 Å². The lowest BCUT2D eigenvalue weighted by atomic mass is 10.1. The predicted molar refractivity (Wildman–Crippen MR) is 77.9 cm³/mol. The van der Waals surface area contributed by atoms with E-state index in [1.165, 1.54) is 24.0 Å². The first-order valence-electron chi connectivity index (χ1n) is 5.99. The predicted octanol–water partition coefficient (Wildman–Crippen LogP) is 4.20. The lowest BCUT2D eigenvalue weighted by Crippen LogP contribution is -1.98. The van der Waals surface area contributed by atoms with Gasteiger partial charge in [0.15, 0.2) is 10.0 Å². The molecule has 3 nitrogen and oxygen atoms in total. The fraction of sp³-hybridized carbons (Fsp3) is 0.286. The molecule has 0 aliphatic heterocycles. The molecule has 5 heteroatoms. The van der Waals surface area contributed by atoms with Crippen LogP contribution in [0.2, 0.25) is 5.15 Å². The van der Waals surface area contributed by atoms with Crippen molar-refractivity contribution < 1.29 is 9.53 Å². The van der Waals surface area contributed by atoms with Crippen molar-refractivity contribution >= 4 is 28.9 Å². The van der Waals surface area contributed by atoms with E-state index in [1.807, 2.05) is 12.1 Å². The number of carbonyl (C=O) groups is 1. The second kappa shape index (κ2) is 6.17. The quantitative estimate of drug-likeness (QED) is 0.794. The third-order valence-corrected chi connectivity index (χ3v) is 4.17. The molecule has 0 saturated heterocycles. The van der Waals surface area contributed by atoms with E-state index >= 15 is 0 Å². The fourth-order valence-electron chi connectivity index (χ4n) is 1.75. The van der Waals surface area contributed by atoms with Crippen molar-refractivity contribution in [3.63, 3.8) is 0 Å². The standard InChI is InChI=1S/C14H14ClNO2S/c1-3-4-9-5-7-10(8-6-9)13-16-12(15)11(19-13)14(17)18-2/h5-8H,3-4H2,1-2H3. The molecular formula is C14H14ClNO2S. The second-order valence-corrected chi connectivity index (χ2v) is 5.43. The highest BCUT2D eigenvalue weighted by Gasteiger charge is 2.17. The van der Waals surface area contributed by atoms with Crippen LogP contribution in [0.4, 0.5) is 0 Å². The highest BCUT2D eigenvalue weighted by atomic mass is 35.5. The maximum atomic E-state index is 11.5. The molecule has 0 aliphatic rings. The summed E-state index contributed by atoms with van der Waals surface area (Å²) in [7, 11) is 1.33. The normalized spacial score (nSPS) is 10.5. The van der Waals surface area contributed by atoms with Crippen molar-refractivity contribution in [1.82, 2.24) is 4.98 Å². The Labute approximate surface area is 121 Å². The zero-order valence-electron chi connectivity index (χ0n) is 10.8. The van der Waals surface area contributed by atoms with Crippen molar-refractivity contribution in [3.05, 3.63) is 39.9 Å². The lowest BCUT2D eigenvalue weighted by molar-refractivity contribution is 0.0606. The summed E-state index contributed by atoms with van der Waals surface area (Å²) in [6.07, 6.45) is 2.18. The molecule has 1 aromatic carbocycles. The van der Waals surface area contributed by atoms with E-state index in [2.05, 4.69) is 28.8 Å². The summed E-state index contributed by atoms with van der Waals surface area (Å²) in [5.41, 5.74) is 2.25. The summed E-state index contributed by atoms with van der Waals surface area (Å²) in [6, 6.07) is 8.15. The number of ether oxygens (including phenoxy) is 1. The highest BCUT2D eigenvalue weighted by Crippen LogP contribution is 2.31. The molecule has 0 fully saturated rings. The summed E-state index contributed by atoms with van der Waals surface area (Å²) >= 11 is 7.19. The molecule has 0 radical (unpaired) electrons. The van der Waals surface area contributed by atoms with E-state index in [9.17, 15) is 4.79 Å². The molecule has 0 atom stereocenters. The van der Waals surface area contributed by atoms with E-state index < -0.39 is 5.97 Å². The zero-order chi connectivity index (χ0) is 13.8. The van der Waals surface area contributed by atoms with Gasteiger partial charge in [0.1, 0.15) is 5.01 Å². The van der Waals surface area contributed by atoms with Gasteiger partial charge < -0.3 is 4.74 Å². The number of carbonyl (C=O) groups excluding carboxylic acids is 1. The first kappa shape index (κ1) is 14.0. The molecule has 2 aromatic rings. The van der Waals surface area contributed by atoms with Gasteiger partial charge in [0, 0.05) is 5.56 Å². The Kier molecular flexibility index (Phi) is 4.56. The van der Waals surface area contributed by atoms with E-state index in [-0.39, 0.29) is 5.15 Å². The number of esters is 1. The Morgan fingerprint density at radius 2 is 2.05 bits per heavy atom. The van der Waals surface area contributed by atoms with Crippen LogP contribution in [-0.2, 0) is 11.2 Å². The smallest absolute Gasteiger partial charge is 0.351 e. The van der Waals surface area contributed by atoms with Crippen LogP contribution < -0.4 is 0 Å². The third-order valence-electron chi connectivity index (χ3n) is 2.70. The van der Waals surface area contributed by atoms with Crippen LogP contribution in [0.25, 0.3) is 10.6 Å². The molecule has 0 unspecified atom stereocenters. The van der Waals surface area contributed by atoms with Crippen LogP contribution in [0.1, 0.15) is 28.6 Å². The van der Waals surface area contributed by atoms with Gasteiger partial charge in [-0.1, -0.05) is 49.2 Å². The van der Waals surface area contributed by atoms with Gasteiger partial charge >= 0.3 is 5.97 Å². The molecule has 0 N–H and O–H groups in total. The Morgan fingerprint density at radius 1 is 1.37 bits per heavy atom. The van der Waals surface area contributed by atoms with Crippen LogP contribution in [-0.4, -0.2) is 18.1 Å². The van der Waals surface area contributed by atoms with Crippen molar-refractivity contribution in [2.24, 2.45) is 0 Å². The van der Waals surface area contributed by atoms with E-state index in [0.717, 1.165) is 23.4 Å². The fourth-order valence-corrected chi connectivity index (χ4v) is 2.95. The molecular weight excluding hydrogens is 282 g/mol. The number of aromatic nitrogens is 1. The zero-order valence-corrected chi connectivity index (χ0v) is 12.3. The van der Waals surface area contributed by atoms with E-state index in [0.29, 0.717) is 4.88 Å². The summed E-state index contributed by atoms with van der Waals surface area (Å²) in [5, 5.41) is 0.929. The summed E-state index contributed by atoms with van der Waals surface area (Å²) < 4.78 is 4.66. The van der Waals surface area contributed by atoms with Crippen LogP contribution in [0, 0.1) is 0 Å². The Balaban J connectivity index is 2.29. The van der Waals surface area contributed by atoms with Gasteiger partial charge in [-0.3, -0.25) is 0 Å². The molecule has 0 saturated carbocycles. The molecule has 19 heavy (non-hydrogen) atoms. The highest BCUT2D eigenvalue weighted by molar-refractivity contribution is 7.17. The second-order valence-electron chi connectivity index (χ2n) is 4.08. The van der Waals surface area contributed by atoms with E-state index in [4.69, 9.17) is 11.6 Å². The Hall–Kier alpha value is -1.39. The summed E-state index contributed by atoms with van der Waals surface area (Å²) in [6.45, 7) is 2.15.